The summed E-state index contributed by atoms with van der Waals surface area (Å²) < 4.78 is 0. The molecule has 3 fully saturated rings. The normalized spacial score (nSPS) is 27.9. The minimum Gasteiger partial charge on any atom is -0.366 e. The number of carbonyl (C=O) groups is 2. The van der Waals surface area contributed by atoms with E-state index in [1.165, 1.54) is 32.1 Å². The average molecular weight is 298 g/mol. The van der Waals surface area contributed by atoms with Gasteiger partial charge in [0, 0.05) is 23.7 Å². The van der Waals surface area contributed by atoms with Crippen molar-refractivity contribution >= 4 is 11.8 Å². The molecular formula is C18H22N2O2. The maximum atomic E-state index is 12.9. The average Bonchev–Trinajstić information content (AvgIpc) is 3.45. The summed E-state index contributed by atoms with van der Waals surface area (Å²) in [5, 5.41) is 0. The molecule has 1 saturated heterocycles. The summed E-state index contributed by atoms with van der Waals surface area (Å²) in [5.41, 5.74) is 6.38. The summed E-state index contributed by atoms with van der Waals surface area (Å²) >= 11 is 0. The zero-order valence-corrected chi connectivity index (χ0v) is 12.7. The molecule has 4 nitrogen and oxygen atoms in total. The molecule has 1 aliphatic heterocycles. The third-order valence-corrected chi connectivity index (χ3v) is 5.51. The molecule has 0 aromatic heterocycles. The lowest BCUT2D eigenvalue weighted by Crippen LogP contribution is -2.37. The third kappa shape index (κ3) is 2.51. The van der Waals surface area contributed by atoms with Gasteiger partial charge in [0.2, 0.25) is 5.91 Å². The Kier molecular flexibility index (Phi) is 3.21. The maximum absolute atomic E-state index is 12.9. The summed E-state index contributed by atoms with van der Waals surface area (Å²) in [4.78, 5) is 26.1. The fraction of sp³-hybridized carbons (Fsp3) is 0.556. The minimum atomic E-state index is -0.454. The molecule has 2 saturated carbocycles. The highest BCUT2D eigenvalue weighted by Crippen LogP contribution is 2.48. The van der Waals surface area contributed by atoms with Crippen LogP contribution in [0.5, 0.6) is 0 Å². The van der Waals surface area contributed by atoms with E-state index in [0.717, 1.165) is 18.4 Å². The van der Waals surface area contributed by atoms with Crippen LogP contribution in [0.1, 0.15) is 52.8 Å². The van der Waals surface area contributed by atoms with Gasteiger partial charge in [0.15, 0.2) is 0 Å². The first-order valence-electron chi connectivity index (χ1n) is 8.34. The number of rotatable bonds is 4. The van der Waals surface area contributed by atoms with Crippen molar-refractivity contribution in [3.63, 3.8) is 0 Å². The van der Waals surface area contributed by atoms with Crippen molar-refractivity contribution < 1.29 is 9.59 Å². The monoisotopic (exact) mass is 298 g/mol. The van der Waals surface area contributed by atoms with Gasteiger partial charge < -0.3 is 10.6 Å². The van der Waals surface area contributed by atoms with E-state index in [1.54, 1.807) is 24.3 Å². The van der Waals surface area contributed by atoms with Gasteiger partial charge in [0.25, 0.3) is 5.91 Å². The highest BCUT2D eigenvalue weighted by atomic mass is 16.2. The molecule has 22 heavy (non-hydrogen) atoms. The summed E-state index contributed by atoms with van der Waals surface area (Å²) in [6, 6.07) is 7.20. The number of hydrogen-bond donors (Lipinski definition) is 1. The number of carbonyl (C=O) groups excluding carboxylic acids is 2. The fourth-order valence-electron chi connectivity index (χ4n) is 3.91. The van der Waals surface area contributed by atoms with Gasteiger partial charge in [-0.3, -0.25) is 9.59 Å². The molecule has 0 spiro atoms. The Morgan fingerprint density at radius 3 is 2.05 bits per heavy atom. The van der Waals surface area contributed by atoms with Crippen molar-refractivity contribution in [2.45, 2.75) is 38.1 Å². The van der Waals surface area contributed by atoms with Gasteiger partial charge >= 0.3 is 0 Å². The molecule has 3 aliphatic rings. The summed E-state index contributed by atoms with van der Waals surface area (Å²) in [6.07, 6.45) is 6.42. The number of hydrogen-bond acceptors (Lipinski definition) is 2. The van der Waals surface area contributed by atoms with Crippen LogP contribution in [0.2, 0.25) is 0 Å². The van der Waals surface area contributed by atoms with Gasteiger partial charge in [-0.25, -0.2) is 0 Å². The van der Waals surface area contributed by atoms with Crippen molar-refractivity contribution in [2.24, 2.45) is 23.5 Å². The lowest BCUT2D eigenvalue weighted by atomic mass is 9.98. The lowest BCUT2D eigenvalue weighted by Gasteiger charge is -2.24. The predicted molar refractivity (Wildman–Crippen MR) is 83.3 cm³/mol. The van der Waals surface area contributed by atoms with Crippen molar-refractivity contribution in [1.29, 1.82) is 0 Å². The zero-order valence-electron chi connectivity index (χ0n) is 12.7. The first-order chi connectivity index (χ1) is 10.6. The topological polar surface area (TPSA) is 63.4 Å². The van der Waals surface area contributed by atoms with Crippen LogP contribution in [-0.4, -0.2) is 29.3 Å². The van der Waals surface area contributed by atoms with Gasteiger partial charge in [0.1, 0.15) is 0 Å². The highest BCUT2D eigenvalue weighted by Gasteiger charge is 2.47. The van der Waals surface area contributed by atoms with Gasteiger partial charge in [-0.1, -0.05) is 0 Å². The molecule has 2 atom stereocenters. The standard InChI is InChI=1S/C18H22N2O2/c19-17(21)13-5-7-14(8-6-13)18(22)20-10-15(11-1-2-11)9-16(20)12-3-4-12/h5-8,11-12,15-16H,1-4,9-10H2,(H2,19,21)/t15-,16-/m1/s1. The highest BCUT2D eigenvalue weighted by molar-refractivity contribution is 5.97. The van der Waals surface area contributed by atoms with Gasteiger partial charge in [-0.15, -0.1) is 0 Å². The smallest absolute Gasteiger partial charge is 0.254 e. The van der Waals surface area contributed by atoms with Crippen molar-refractivity contribution in [2.75, 3.05) is 6.54 Å². The van der Waals surface area contributed by atoms with Crippen molar-refractivity contribution in [3.05, 3.63) is 35.4 Å². The van der Waals surface area contributed by atoms with Crippen LogP contribution in [0, 0.1) is 17.8 Å². The summed E-state index contributed by atoms with van der Waals surface area (Å²) in [5.74, 6) is 1.95. The van der Waals surface area contributed by atoms with Crippen LogP contribution in [0.15, 0.2) is 24.3 Å². The van der Waals surface area contributed by atoms with Crippen molar-refractivity contribution in [1.82, 2.24) is 4.90 Å². The number of likely N-dealkylation sites (tertiary alicyclic amines) is 1. The van der Waals surface area contributed by atoms with Crippen LogP contribution >= 0.6 is 0 Å². The lowest BCUT2D eigenvalue weighted by molar-refractivity contribution is 0.0716. The van der Waals surface area contributed by atoms with Crippen LogP contribution in [0.3, 0.4) is 0 Å². The quantitative estimate of drug-likeness (QED) is 0.928. The summed E-state index contributed by atoms with van der Waals surface area (Å²) in [7, 11) is 0. The van der Waals surface area contributed by atoms with E-state index >= 15 is 0 Å². The molecule has 4 rings (SSSR count). The van der Waals surface area contributed by atoms with E-state index in [1.807, 2.05) is 0 Å². The summed E-state index contributed by atoms with van der Waals surface area (Å²) in [6.45, 7) is 0.919. The van der Waals surface area contributed by atoms with Crippen LogP contribution in [-0.2, 0) is 0 Å². The second-order valence-corrected chi connectivity index (χ2v) is 7.14. The van der Waals surface area contributed by atoms with Crippen molar-refractivity contribution in [3.8, 4) is 0 Å². The number of primary amides is 1. The Hall–Kier alpha value is -1.84. The molecule has 0 radical (unpaired) electrons. The van der Waals surface area contributed by atoms with E-state index in [2.05, 4.69) is 4.90 Å². The number of benzene rings is 1. The number of nitrogens with two attached hydrogens (primary N) is 1. The fourth-order valence-corrected chi connectivity index (χ4v) is 3.91. The molecule has 0 unspecified atom stereocenters. The molecular weight excluding hydrogens is 276 g/mol. The Labute approximate surface area is 130 Å². The Morgan fingerprint density at radius 2 is 1.50 bits per heavy atom. The number of nitrogens with zero attached hydrogens (tertiary/aromatic N) is 1. The first kappa shape index (κ1) is 13.8. The number of amides is 2. The zero-order chi connectivity index (χ0) is 15.3. The molecule has 1 aromatic carbocycles. The van der Waals surface area contributed by atoms with E-state index in [-0.39, 0.29) is 5.91 Å². The molecule has 116 valence electrons. The van der Waals surface area contributed by atoms with E-state index in [9.17, 15) is 9.59 Å². The molecule has 2 N–H and O–H groups in total. The van der Waals surface area contributed by atoms with Crippen LogP contribution < -0.4 is 5.73 Å². The Morgan fingerprint density at radius 1 is 0.909 bits per heavy atom. The maximum Gasteiger partial charge on any atom is 0.254 e. The second kappa shape index (κ2) is 5.11. The van der Waals surface area contributed by atoms with E-state index < -0.39 is 5.91 Å². The largest absolute Gasteiger partial charge is 0.366 e. The predicted octanol–water partition coefficient (Wildman–Crippen LogP) is 2.44. The van der Waals surface area contributed by atoms with Gasteiger partial charge in [-0.05, 0) is 74.1 Å². The molecule has 2 amide bonds. The van der Waals surface area contributed by atoms with Gasteiger partial charge in [0.05, 0.1) is 0 Å². The molecule has 2 aliphatic carbocycles. The SMILES string of the molecule is NC(=O)c1ccc(C(=O)N2C[C@H](C3CC3)C[C@@H]2C2CC2)cc1. The second-order valence-electron chi connectivity index (χ2n) is 7.14. The third-order valence-electron chi connectivity index (χ3n) is 5.51. The molecule has 0 bridgehead atoms. The Balaban J connectivity index is 1.53. The molecule has 1 heterocycles. The van der Waals surface area contributed by atoms with Crippen LogP contribution in [0.4, 0.5) is 0 Å². The van der Waals surface area contributed by atoms with Crippen LogP contribution in [0.25, 0.3) is 0 Å². The Bertz CT molecular complexity index is 602. The minimum absolute atomic E-state index is 0.121. The molecule has 1 aromatic rings. The van der Waals surface area contributed by atoms with E-state index in [4.69, 9.17) is 5.73 Å². The van der Waals surface area contributed by atoms with E-state index in [0.29, 0.717) is 23.1 Å². The molecule has 4 heteroatoms. The first-order valence-corrected chi connectivity index (χ1v) is 8.34. The van der Waals surface area contributed by atoms with Gasteiger partial charge in [-0.2, -0.15) is 0 Å².